The van der Waals surface area contributed by atoms with Crippen LogP contribution in [0.3, 0.4) is 0 Å². The Morgan fingerprint density at radius 2 is 2.04 bits per heavy atom. The van der Waals surface area contributed by atoms with E-state index in [2.05, 4.69) is 38.9 Å². The maximum Gasteiger partial charge on any atom is 0.259 e. The van der Waals surface area contributed by atoms with Crippen molar-refractivity contribution >= 4 is 17.4 Å². The second-order valence-electron chi connectivity index (χ2n) is 6.61. The zero-order valence-electron chi connectivity index (χ0n) is 14.8. The molecule has 3 aromatic rings. The molecule has 134 valence electrons. The molecule has 0 amide bonds. The van der Waals surface area contributed by atoms with Gasteiger partial charge in [0.15, 0.2) is 0 Å². The summed E-state index contributed by atoms with van der Waals surface area (Å²) in [5.41, 5.74) is 1.63. The van der Waals surface area contributed by atoms with E-state index in [0.717, 1.165) is 36.6 Å². The predicted octanol–water partition coefficient (Wildman–Crippen LogP) is 3.59. The van der Waals surface area contributed by atoms with Gasteiger partial charge in [-0.25, -0.2) is 4.98 Å². The van der Waals surface area contributed by atoms with Crippen LogP contribution in [-0.2, 0) is 0 Å². The maximum atomic E-state index is 6.03. The monoisotopic (exact) mass is 369 g/mol. The molecule has 1 aliphatic heterocycles. The first kappa shape index (κ1) is 17.0. The summed E-state index contributed by atoms with van der Waals surface area (Å²) in [6.07, 6.45) is 1.79. The fourth-order valence-electron chi connectivity index (χ4n) is 3.04. The van der Waals surface area contributed by atoms with Crippen molar-refractivity contribution in [1.82, 2.24) is 20.0 Å². The Hall–Kier alpha value is -2.44. The normalized spacial score (nSPS) is 18.3. The molecule has 1 unspecified atom stereocenters. The van der Waals surface area contributed by atoms with Gasteiger partial charge in [0.25, 0.3) is 5.89 Å². The number of hydrogen-bond donors (Lipinski definition) is 0. The zero-order valence-corrected chi connectivity index (χ0v) is 15.5. The van der Waals surface area contributed by atoms with Crippen molar-refractivity contribution in [3.8, 4) is 22.8 Å². The van der Waals surface area contributed by atoms with Crippen LogP contribution in [0.4, 0.5) is 5.82 Å². The van der Waals surface area contributed by atoms with Gasteiger partial charge < -0.3 is 14.3 Å². The van der Waals surface area contributed by atoms with Crippen molar-refractivity contribution in [3.05, 3.63) is 47.6 Å². The topological polar surface area (TPSA) is 58.3 Å². The van der Waals surface area contributed by atoms with Gasteiger partial charge in [-0.05, 0) is 38.2 Å². The standard InChI is InChI=1S/C19H20ClN5O/c1-13-12-25(9-8-24(13)2)17-7-6-15(11-21-17)19-22-18(23-26-19)14-4-3-5-16(20)10-14/h3-7,10-11,13H,8-9,12H2,1-2H3. The van der Waals surface area contributed by atoms with Gasteiger partial charge in [0.2, 0.25) is 5.82 Å². The summed E-state index contributed by atoms with van der Waals surface area (Å²) in [5, 5.41) is 4.69. The fraction of sp³-hybridized carbons (Fsp3) is 0.316. The third-order valence-electron chi connectivity index (χ3n) is 4.79. The molecule has 3 heterocycles. The smallest absolute Gasteiger partial charge is 0.259 e. The number of benzene rings is 1. The molecule has 1 atom stereocenters. The largest absolute Gasteiger partial charge is 0.354 e. The fourth-order valence-corrected chi connectivity index (χ4v) is 3.23. The first-order valence-corrected chi connectivity index (χ1v) is 8.99. The number of hydrogen-bond acceptors (Lipinski definition) is 6. The van der Waals surface area contributed by atoms with Gasteiger partial charge in [-0.1, -0.05) is 28.9 Å². The van der Waals surface area contributed by atoms with Crippen LogP contribution >= 0.6 is 11.6 Å². The number of rotatable bonds is 3. The molecule has 1 saturated heterocycles. The third-order valence-corrected chi connectivity index (χ3v) is 5.02. The van der Waals surface area contributed by atoms with Gasteiger partial charge in [0, 0.05) is 42.5 Å². The molecule has 1 aromatic carbocycles. The first-order valence-electron chi connectivity index (χ1n) is 8.61. The Kier molecular flexibility index (Phi) is 4.61. The molecule has 4 rings (SSSR count). The third kappa shape index (κ3) is 3.43. The number of aromatic nitrogens is 3. The minimum Gasteiger partial charge on any atom is -0.354 e. The first-order chi connectivity index (χ1) is 12.6. The molecule has 0 saturated carbocycles. The van der Waals surface area contributed by atoms with E-state index in [1.807, 2.05) is 36.4 Å². The Balaban J connectivity index is 1.52. The van der Waals surface area contributed by atoms with Crippen LogP contribution in [0, 0.1) is 0 Å². The average Bonchev–Trinajstić information content (AvgIpc) is 3.14. The molecule has 2 aromatic heterocycles. The highest BCUT2D eigenvalue weighted by atomic mass is 35.5. The van der Waals surface area contributed by atoms with Gasteiger partial charge >= 0.3 is 0 Å². The van der Waals surface area contributed by atoms with Crippen LogP contribution < -0.4 is 4.90 Å². The lowest BCUT2D eigenvalue weighted by Gasteiger charge is -2.38. The Labute approximate surface area is 157 Å². The van der Waals surface area contributed by atoms with Gasteiger partial charge in [-0.15, -0.1) is 0 Å². The van der Waals surface area contributed by atoms with Crippen molar-refractivity contribution in [2.75, 3.05) is 31.6 Å². The predicted molar refractivity (Wildman–Crippen MR) is 102 cm³/mol. The van der Waals surface area contributed by atoms with E-state index < -0.39 is 0 Å². The quantitative estimate of drug-likeness (QED) is 0.703. The highest BCUT2D eigenvalue weighted by Crippen LogP contribution is 2.25. The molecule has 0 bridgehead atoms. The Bertz CT molecular complexity index is 895. The van der Waals surface area contributed by atoms with Crippen LogP contribution in [-0.4, -0.2) is 52.7 Å². The number of nitrogens with zero attached hydrogens (tertiary/aromatic N) is 5. The summed E-state index contributed by atoms with van der Waals surface area (Å²) in [6, 6.07) is 11.9. The lowest BCUT2D eigenvalue weighted by Crippen LogP contribution is -2.50. The molecule has 1 aliphatic rings. The van der Waals surface area contributed by atoms with Gasteiger partial charge in [0.05, 0.1) is 5.56 Å². The summed E-state index contributed by atoms with van der Waals surface area (Å²) in [4.78, 5) is 13.7. The zero-order chi connectivity index (χ0) is 18.1. The minimum atomic E-state index is 0.450. The number of anilines is 1. The van der Waals surface area contributed by atoms with Crippen molar-refractivity contribution < 1.29 is 4.52 Å². The molecule has 1 fully saturated rings. The maximum absolute atomic E-state index is 6.03. The summed E-state index contributed by atoms with van der Waals surface area (Å²) in [7, 11) is 2.16. The molecule has 0 radical (unpaired) electrons. The van der Waals surface area contributed by atoms with Crippen molar-refractivity contribution in [2.24, 2.45) is 0 Å². The number of halogens is 1. The van der Waals surface area contributed by atoms with E-state index in [1.165, 1.54) is 0 Å². The molecule has 0 aliphatic carbocycles. The second kappa shape index (κ2) is 7.05. The Morgan fingerprint density at radius 1 is 1.15 bits per heavy atom. The highest BCUT2D eigenvalue weighted by Gasteiger charge is 2.21. The van der Waals surface area contributed by atoms with Crippen molar-refractivity contribution in [2.45, 2.75) is 13.0 Å². The van der Waals surface area contributed by atoms with Crippen molar-refractivity contribution in [1.29, 1.82) is 0 Å². The molecule has 0 N–H and O–H groups in total. The van der Waals surface area contributed by atoms with Gasteiger partial charge in [-0.2, -0.15) is 4.98 Å². The SMILES string of the molecule is CC1CN(c2ccc(-c3nc(-c4cccc(Cl)c4)no3)cn2)CCN1C. The number of likely N-dealkylation sites (N-methyl/N-ethyl adjacent to an activating group) is 1. The summed E-state index contributed by atoms with van der Waals surface area (Å²) in [5.74, 6) is 1.94. The molecule has 0 spiro atoms. The van der Waals surface area contributed by atoms with E-state index in [0.29, 0.717) is 22.8 Å². The minimum absolute atomic E-state index is 0.450. The van der Waals surface area contributed by atoms with E-state index >= 15 is 0 Å². The highest BCUT2D eigenvalue weighted by molar-refractivity contribution is 6.30. The molecule has 26 heavy (non-hydrogen) atoms. The van der Waals surface area contributed by atoms with E-state index in [-0.39, 0.29) is 0 Å². The van der Waals surface area contributed by atoms with Crippen LogP contribution in [0.2, 0.25) is 5.02 Å². The molecule has 6 nitrogen and oxygen atoms in total. The summed E-state index contributed by atoms with van der Waals surface area (Å²) >= 11 is 6.03. The second-order valence-corrected chi connectivity index (χ2v) is 7.05. The summed E-state index contributed by atoms with van der Waals surface area (Å²) in [6.45, 7) is 5.22. The molecule has 7 heteroatoms. The lowest BCUT2D eigenvalue weighted by molar-refractivity contribution is 0.233. The van der Waals surface area contributed by atoms with Crippen LogP contribution in [0.5, 0.6) is 0 Å². The van der Waals surface area contributed by atoms with E-state index in [4.69, 9.17) is 16.1 Å². The number of pyridine rings is 1. The Morgan fingerprint density at radius 3 is 2.77 bits per heavy atom. The lowest BCUT2D eigenvalue weighted by atomic mass is 10.2. The average molecular weight is 370 g/mol. The summed E-state index contributed by atoms with van der Waals surface area (Å²) < 4.78 is 5.40. The van der Waals surface area contributed by atoms with E-state index in [9.17, 15) is 0 Å². The molecular weight excluding hydrogens is 350 g/mol. The van der Waals surface area contributed by atoms with E-state index in [1.54, 1.807) is 6.20 Å². The molecular formula is C19H20ClN5O. The van der Waals surface area contributed by atoms with Gasteiger partial charge in [-0.3, -0.25) is 0 Å². The van der Waals surface area contributed by atoms with Crippen LogP contribution in [0.25, 0.3) is 22.8 Å². The number of piperazine rings is 1. The van der Waals surface area contributed by atoms with Crippen LogP contribution in [0.1, 0.15) is 6.92 Å². The van der Waals surface area contributed by atoms with Crippen LogP contribution in [0.15, 0.2) is 47.1 Å². The van der Waals surface area contributed by atoms with Gasteiger partial charge in [0.1, 0.15) is 5.82 Å². The van der Waals surface area contributed by atoms with Crippen molar-refractivity contribution in [3.63, 3.8) is 0 Å².